The average Bonchev–Trinajstić information content (AvgIpc) is 2.66. The van der Waals surface area contributed by atoms with Crippen LogP contribution in [-0.2, 0) is 4.74 Å². The number of hydrogen-bond donors (Lipinski definition) is 1. The van der Waals surface area contributed by atoms with Crippen molar-refractivity contribution in [2.24, 2.45) is 0 Å². The van der Waals surface area contributed by atoms with Crippen molar-refractivity contribution in [3.8, 4) is 0 Å². The largest absolute Gasteiger partial charge is 0.380 e. The zero-order chi connectivity index (χ0) is 10.5. The topological polar surface area (TPSA) is 24.5 Å². The number of hydrogen-bond acceptors (Lipinski definition) is 3. The van der Waals surface area contributed by atoms with Crippen LogP contribution in [-0.4, -0.2) is 49.8 Å². The molecule has 88 valence electrons. The molecule has 2 heterocycles. The summed E-state index contributed by atoms with van der Waals surface area (Å²) in [5.74, 6) is 0. The van der Waals surface area contributed by atoms with Crippen LogP contribution in [0.5, 0.6) is 0 Å². The van der Waals surface area contributed by atoms with E-state index in [1.165, 1.54) is 38.8 Å². The molecular weight excluding hydrogens is 188 g/mol. The predicted molar refractivity (Wildman–Crippen MR) is 62.1 cm³/mol. The molecule has 2 aliphatic heterocycles. The number of rotatable bonds is 4. The van der Waals surface area contributed by atoms with Crippen LogP contribution in [0.2, 0.25) is 0 Å². The zero-order valence-electron chi connectivity index (χ0n) is 9.87. The van der Waals surface area contributed by atoms with E-state index in [9.17, 15) is 0 Å². The molecule has 1 N–H and O–H groups in total. The van der Waals surface area contributed by atoms with Gasteiger partial charge in [0.25, 0.3) is 0 Å². The summed E-state index contributed by atoms with van der Waals surface area (Å²) in [6.07, 6.45) is 5.27. The fraction of sp³-hybridized carbons (Fsp3) is 1.00. The first kappa shape index (κ1) is 11.4. The first-order chi connectivity index (χ1) is 7.36. The Labute approximate surface area is 93.2 Å². The minimum Gasteiger partial charge on any atom is -0.380 e. The molecule has 2 saturated heterocycles. The highest BCUT2D eigenvalue weighted by atomic mass is 16.5. The summed E-state index contributed by atoms with van der Waals surface area (Å²) in [5, 5.41) is 3.60. The van der Waals surface area contributed by atoms with Crippen molar-refractivity contribution in [3.05, 3.63) is 0 Å². The Kier molecular flexibility index (Phi) is 4.42. The summed E-state index contributed by atoms with van der Waals surface area (Å²) in [5.41, 5.74) is 0. The lowest BCUT2D eigenvalue weighted by Crippen LogP contribution is -2.41. The monoisotopic (exact) mass is 212 g/mol. The van der Waals surface area contributed by atoms with E-state index in [0.717, 1.165) is 25.8 Å². The van der Waals surface area contributed by atoms with E-state index < -0.39 is 0 Å². The summed E-state index contributed by atoms with van der Waals surface area (Å²) in [6, 6.07) is 1.41. The van der Waals surface area contributed by atoms with E-state index in [2.05, 4.69) is 17.1 Å². The Hall–Kier alpha value is -0.120. The highest BCUT2D eigenvalue weighted by Crippen LogP contribution is 2.15. The van der Waals surface area contributed by atoms with E-state index in [1.54, 1.807) is 0 Å². The number of ether oxygens (including phenoxy) is 1. The number of likely N-dealkylation sites (tertiary alicyclic amines) is 1. The van der Waals surface area contributed by atoms with Crippen molar-refractivity contribution in [2.45, 2.75) is 44.7 Å². The van der Waals surface area contributed by atoms with Crippen LogP contribution in [0.4, 0.5) is 0 Å². The fourth-order valence-electron chi connectivity index (χ4n) is 2.64. The SMILES string of the molecule is CC1CCCN1CCNC1CCCOC1. The van der Waals surface area contributed by atoms with Crippen LogP contribution < -0.4 is 5.32 Å². The molecule has 0 aliphatic carbocycles. The van der Waals surface area contributed by atoms with Gasteiger partial charge in [0.2, 0.25) is 0 Å². The van der Waals surface area contributed by atoms with Gasteiger partial charge in [0.15, 0.2) is 0 Å². The summed E-state index contributed by atoms with van der Waals surface area (Å²) in [7, 11) is 0. The molecule has 0 aromatic carbocycles. The Bertz CT molecular complexity index is 180. The van der Waals surface area contributed by atoms with Gasteiger partial charge >= 0.3 is 0 Å². The number of nitrogens with one attached hydrogen (secondary N) is 1. The smallest absolute Gasteiger partial charge is 0.0619 e. The molecule has 0 aromatic rings. The van der Waals surface area contributed by atoms with Crippen molar-refractivity contribution in [3.63, 3.8) is 0 Å². The van der Waals surface area contributed by atoms with Crippen molar-refractivity contribution in [1.29, 1.82) is 0 Å². The van der Waals surface area contributed by atoms with Crippen LogP contribution in [0, 0.1) is 0 Å². The van der Waals surface area contributed by atoms with Crippen LogP contribution in [0.1, 0.15) is 32.6 Å². The molecule has 15 heavy (non-hydrogen) atoms. The van der Waals surface area contributed by atoms with E-state index in [-0.39, 0.29) is 0 Å². The van der Waals surface area contributed by atoms with Gasteiger partial charge in [0, 0.05) is 31.8 Å². The molecule has 2 aliphatic rings. The van der Waals surface area contributed by atoms with Gasteiger partial charge in [-0.15, -0.1) is 0 Å². The maximum Gasteiger partial charge on any atom is 0.0619 e. The van der Waals surface area contributed by atoms with Crippen LogP contribution in [0.15, 0.2) is 0 Å². The maximum atomic E-state index is 5.45. The molecule has 2 fully saturated rings. The summed E-state index contributed by atoms with van der Waals surface area (Å²) in [6.45, 7) is 7.84. The lowest BCUT2D eigenvalue weighted by Gasteiger charge is -2.26. The molecule has 0 amide bonds. The van der Waals surface area contributed by atoms with E-state index >= 15 is 0 Å². The van der Waals surface area contributed by atoms with E-state index in [0.29, 0.717) is 6.04 Å². The average molecular weight is 212 g/mol. The van der Waals surface area contributed by atoms with Gasteiger partial charge in [0.1, 0.15) is 0 Å². The van der Waals surface area contributed by atoms with Crippen molar-refractivity contribution in [2.75, 3.05) is 32.8 Å². The maximum absolute atomic E-state index is 5.45. The van der Waals surface area contributed by atoms with E-state index in [4.69, 9.17) is 4.74 Å². The summed E-state index contributed by atoms with van der Waals surface area (Å²) >= 11 is 0. The summed E-state index contributed by atoms with van der Waals surface area (Å²) in [4.78, 5) is 2.59. The third-order valence-electron chi connectivity index (χ3n) is 3.68. The standard InChI is InChI=1S/C12H24N2O/c1-11-4-2-7-14(11)8-6-13-12-5-3-9-15-10-12/h11-13H,2-10H2,1H3. The molecule has 3 heteroatoms. The molecule has 2 rings (SSSR count). The predicted octanol–water partition coefficient (Wildman–Crippen LogP) is 1.24. The first-order valence-electron chi connectivity index (χ1n) is 6.41. The molecule has 3 nitrogen and oxygen atoms in total. The van der Waals surface area contributed by atoms with Gasteiger partial charge < -0.3 is 10.1 Å². The van der Waals surface area contributed by atoms with Gasteiger partial charge in [0.05, 0.1) is 6.61 Å². The van der Waals surface area contributed by atoms with Gasteiger partial charge in [-0.05, 0) is 39.2 Å². The minimum absolute atomic E-state index is 0.608. The Balaban J connectivity index is 1.57. The van der Waals surface area contributed by atoms with Gasteiger partial charge in [-0.3, -0.25) is 4.90 Å². The normalized spacial score (nSPS) is 33.4. The number of nitrogens with zero attached hydrogens (tertiary/aromatic N) is 1. The van der Waals surface area contributed by atoms with Crippen molar-refractivity contribution < 1.29 is 4.74 Å². The second-order valence-corrected chi connectivity index (χ2v) is 4.90. The molecule has 0 saturated carbocycles. The molecule has 0 aromatic heterocycles. The second-order valence-electron chi connectivity index (χ2n) is 4.90. The van der Waals surface area contributed by atoms with Crippen molar-refractivity contribution >= 4 is 0 Å². The molecule has 0 bridgehead atoms. The molecule has 2 atom stereocenters. The van der Waals surface area contributed by atoms with Gasteiger partial charge in [-0.1, -0.05) is 0 Å². The Morgan fingerprint density at radius 2 is 2.27 bits per heavy atom. The lowest BCUT2D eigenvalue weighted by molar-refractivity contribution is 0.0694. The minimum atomic E-state index is 0.608. The van der Waals surface area contributed by atoms with Gasteiger partial charge in [-0.2, -0.15) is 0 Å². The quantitative estimate of drug-likeness (QED) is 0.759. The Morgan fingerprint density at radius 3 is 2.93 bits per heavy atom. The highest BCUT2D eigenvalue weighted by Gasteiger charge is 2.20. The highest BCUT2D eigenvalue weighted by molar-refractivity contribution is 4.77. The van der Waals surface area contributed by atoms with Crippen LogP contribution in [0.25, 0.3) is 0 Å². The van der Waals surface area contributed by atoms with Gasteiger partial charge in [-0.25, -0.2) is 0 Å². The van der Waals surface area contributed by atoms with E-state index in [1.807, 2.05) is 0 Å². The van der Waals surface area contributed by atoms with Crippen LogP contribution >= 0.6 is 0 Å². The lowest BCUT2D eigenvalue weighted by atomic mass is 10.1. The molecular formula is C12H24N2O. The zero-order valence-corrected chi connectivity index (χ0v) is 9.87. The Morgan fingerprint density at radius 1 is 1.33 bits per heavy atom. The second kappa shape index (κ2) is 5.83. The van der Waals surface area contributed by atoms with Crippen molar-refractivity contribution in [1.82, 2.24) is 10.2 Å². The molecule has 2 unspecified atom stereocenters. The molecule has 0 spiro atoms. The third-order valence-corrected chi connectivity index (χ3v) is 3.68. The third kappa shape index (κ3) is 3.44. The fourth-order valence-corrected chi connectivity index (χ4v) is 2.64. The summed E-state index contributed by atoms with van der Waals surface area (Å²) < 4.78 is 5.45. The molecule has 0 radical (unpaired) electrons. The van der Waals surface area contributed by atoms with Crippen LogP contribution in [0.3, 0.4) is 0 Å². The first-order valence-corrected chi connectivity index (χ1v) is 6.41.